The fourth-order valence-corrected chi connectivity index (χ4v) is 3.29. The molecular weight excluding hydrogens is 386 g/mol. The normalized spacial score (nSPS) is 11.4. The monoisotopic (exact) mass is 407 g/mol. The second-order valence-corrected chi connectivity index (χ2v) is 7.30. The molecule has 0 spiro atoms. The van der Waals surface area contributed by atoms with Crippen LogP contribution >= 0.6 is 11.8 Å². The van der Waals surface area contributed by atoms with Crippen molar-refractivity contribution in [3.8, 4) is 11.5 Å². The summed E-state index contributed by atoms with van der Waals surface area (Å²) in [5, 5.41) is 9.10. The van der Waals surface area contributed by atoms with Crippen molar-refractivity contribution in [2.75, 3.05) is 6.26 Å². The topological polar surface area (TPSA) is 80.4 Å². The van der Waals surface area contributed by atoms with E-state index in [0.717, 1.165) is 22.6 Å². The Morgan fingerprint density at radius 2 is 1.79 bits per heavy atom. The molecule has 3 rings (SSSR count). The summed E-state index contributed by atoms with van der Waals surface area (Å²) in [4.78, 5) is 28.4. The highest BCUT2D eigenvalue weighted by atomic mass is 32.2. The van der Waals surface area contributed by atoms with Crippen LogP contribution in [-0.4, -0.2) is 28.1 Å². The Labute approximate surface area is 173 Å². The summed E-state index contributed by atoms with van der Waals surface area (Å²) in [6, 6.07) is 16.6. The Morgan fingerprint density at radius 1 is 1.10 bits per heavy atom. The van der Waals surface area contributed by atoms with E-state index < -0.39 is 5.97 Å². The lowest BCUT2D eigenvalue weighted by Crippen LogP contribution is -2.02. The molecule has 0 saturated carbocycles. The Kier molecular flexibility index (Phi) is 6.67. The predicted octanol–water partition coefficient (Wildman–Crippen LogP) is 5.25. The number of carboxylic acids is 1. The smallest absolute Gasteiger partial charge is 0.342 e. The molecule has 2 aromatic carbocycles. The van der Waals surface area contributed by atoms with Crippen LogP contribution < -0.4 is 0 Å². The number of nitrogens with zero attached hydrogens (tertiary/aromatic N) is 1. The van der Waals surface area contributed by atoms with Crippen LogP contribution in [0.25, 0.3) is 17.5 Å². The highest BCUT2D eigenvalue weighted by Gasteiger charge is 2.14. The quantitative estimate of drug-likeness (QED) is 0.405. The van der Waals surface area contributed by atoms with E-state index in [2.05, 4.69) is 4.98 Å². The van der Waals surface area contributed by atoms with Gasteiger partial charge in [0.1, 0.15) is 5.76 Å². The van der Waals surface area contributed by atoms with Crippen LogP contribution in [0.15, 0.2) is 63.9 Å². The third-order valence-electron chi connectivity index (χ3n) is 4.46. The molecule has 0 aliphatic rings. The molecule has 0 saturated heterocycles. The van der Waals surface area contributed by atoms with Crippen LogP contribution in [-0.2, 0) is 11.2 Å². The molecule has 0 radical (unpaired) electrons. The number of carbonyl (C=O) groups is 2. The Hall–Kier alpha value is -3.12. The number of ketones is 1. The number of oxazole rings is 1. The van der Waals surface area contributed by atoms with Gasteiger partial charge in [0.2, 0.25) is 5.89 Å². The first-order valence-corrected chi connectivity index (χ1v) is 10.3. The Morgan fingerprint density at radius 3 is 2.41 bits per heavy atom. The molecule has 148 valence electrons. The van der Waals surface area contributed by atoms with Crippen LogP contribution in [0.4, 0.5) is 0 Å². The van der Waals surface area contributed by atoms with Gasteiger partial charge < -0.3 is 9.52 Å². The largest absolute Gasteiger partial charge is 0.477 e. The molecule has 29 heavy (non-hydrogen) atoms. The molecule has 3 aromatic rings. The fourth-order valence-electron chi connectivity index (χ4n) is 2.87. The van der Waals surface area contributed by atoms with Crippen molar-refractivity contribution < 1.29 is 19.1 Å². The molecule has 0 fully saturated rings. The van der Waals surface area contributed by atoms with Gasteiger partial charge in [-0.15, -0.1) is 11.8 Å². The average Bonchev–Trinajstić information content (AvgIpc) is 3.11. The predicted molar refractivity (Wildman–Crippen MR) is 115 cm³/mol. The van der Waals surface area contributed by atoms with Gasteiger partial charge in [-0.3, -0.25) is 4.79 Å². The van der Waals surface area contributed by atoms with Crippen molar-refractivity contribution in [2.24, 2.45) is 0 Å². The van der Waals surface area contributed by atoms with E-state index in [-0.39, 0.29) is 10.7 Å². The van der Waals surface area contributed by atoms with E-state index in [1.54, 1.807) is 36.6 Å². The zero-order chi connectivity index (χ0) is 20.8. The third-order valence-corrected chi connectivity index (χ3v) is 5.20. The second kappa shape index (κ2) is 9.39. The van der Waals surface area contributed by atoms with Crippen LogP contribution in [0.3, 0.4) is 0 Å². The molecule has 0 unspecified atom stereocenters. The number of hydrogen-bond donors (Lipinski definition) is 1. The van der Waals surface area contributed by atoms with Crippen LogP contribution in [0.5, 0.6) is 0 Å². The van der Waals surface area contributed by atoms with Crippen LogP contribution in [0.1, 0.15) is 33.8 Å². The molecule has 0 amide bonds. The molecule has 0 aliphatic carbocycles. The molecule has 5 nitrogen and oxygen atoms in total. The maximum Gasteiger partial charge on any atom is 0.342 e. The number of benzene rings is 2. The first kappa shape index (κ1) is 20.6. The lowest BCUT2D eigenvalue weighted by molar-refractivity contribution is -0.131. The fraction of sp³-hybridized carbons (Fsp3) is 0.174. The van der Waals surface area contributed by atoms with E-state index in [1.807, 2.05) is 37.3 Å². The average molecular weight is 407 g/mol. The molecule has 1 aromatic heterocycles. The Balaban J connectivity index is 1.65. The van der Waals surface area contributed by atoms with Gasteiger partial charge in [0.15, 0.2) is 5.78 Å². The third kappa shape index (κ3) is 5.23. The number of carboxylic acid groups (broad SMARTS) is 1. The molecular formula is C23H21NO4S. The molecule has 1 heterocycles. The second-order valence-electron chi connectivity index (χ2n) is 6.45. The molecule has 0 aliphatic heterocycles. The number of Topliss-reactive ketones (excluding diaryl/α,β-unsaturated/α-hetero) is 1. The van der Waals surface area contributed by atoms with Gasteiger partial charge in [-0.05, 0) is 37.0 Å². The molecule has 0 bridgehead atoms. The number of hydrogen-bond acceptors (Lipinski definition) is 5. The maximum atomic E-state index is 12.5. The summed E-state index contributed by atoms with van der Waals surface area (Å²) in [5.74, 6) is 0.322. The minimum atomic E-state index is -0.962. The van der Waals surface area contributed by atoms with Gasteiger partial charge in [-0.2, -0.15) is 0 Å². The summed E-state index contributed by atoms with van der Waals surface area (Å²) >= 11 is 1.17. The number of aliphatic carboxylic acids is 1. The van der Waals surface area contributed by atoms with Gasteiger partial charge in [-0.1, -0.05) is 42.5 Å². The standard InChI is InChI=1S/C23H21NO4S/c1-15-19(24-22(28-15)18-6-4-3-5-7-18)12-13-20(25)17-10-8-16(9-11-17)14-21(29-2)23(26)27/h3-11,14H,12-13H2,1-2H3,(H,26,27)/b21-14-. The highest BCUT2D eigenvalue weighted by molar-refractivity contribution is 8.03. The number of carbonyl (C=O) groups excluding carboxylic acids is 1. The number of rotatable bonds is 8. The highest BCUT2D eigenvalue weighted by Crippen LogP contribution is 2.23. The number of aryl methyl sites for hydroxylation is 2. The lowest BCUT2D eigenvalue weighted by Gasteiger charge is -2.02. The van der Waals surface area contributed by atoms with E-state index in [4.69, 9.17) is 9.52 Å². The van der Waals surface area contributed by atoms with Crippen molar-refractivity contribution in [3.05, 3.63) is 82.1 Å². The molecule has 0 atom stereocenters. The van der Waals surface area contributed by atoms with Gasteiger partial charge in [0.25, 0.3) is 0 Å². The Bertz CT molecular complexity index is 1040. The zero-order valence-corrected chi connectivity index (χ0v) is 17.0. The first-order valence-electron chi connectivity index (χ1n) is 9.12. The van der Waals surface area contributed by atoms with Gasteiger partial charge in [0, 0.05) is 24.0 Å². The minimum absolute atomic E-state index is 0.00696. The van der Waals surface area contributed by atoms with E-state index >= 15 is 0 Å². The minimum Gasteiger partial charge on any atom is -0.477 e. The zero-order valence-electron chi connectivity index (χ0n) is 16.2. The molecule has 6 heteroatoms. The van der Waals surface area contributed by atoms with E-state index in [1.165, 1.54) is 11.8 Å². The van der Waals surface area contributed by atoms with Crippen molar-refractivity contribution in [1.29, 1.82) is 0 Å². The lowest BCUT2D eigenvalue weighted by atomic mass is 10.0. The number of thioether (sulfide) groups is 1. The van der Waals surface area contributed by atoms with Crippen LogP contribution in [0, 0.1) is 6.92 Å². The summed E-state index contributed by atoms with van der Waals surface area (Å²) in [5.41, 5.74) is 3.02. The van der Waals surface area contributed by atoms with Gasteiger partial charge in [-0.25, -0.2) is 9.78 Å². The first-order chi connectivity index (χ1) is 14.0. The number of aromatic nitrogens is 1. The maximum absolute atomic E-state index is 12.5. The van der Waals surface area contributed by atoms with Crippen LogP contribution in [0.2, 0.25) is 0 Å². The SMILES string of the molecule is CS/C(=C\c1ccc(C(=O)CCc2nc(-c3ccccc3)oc2C)cc1)C(=O)O. The summed E-state index contributed by atoms with van der Waals surface area (Å²) in [6.07, 6.45) is 4.12. The molecule has 1 N–H and O–H groups in total. The van der Waals surface area contributed by atoms with Crippen molar-refractivity contribution in [3.63, 3.8) is 0 Å². The van der Waals surface area contributed by atoms with E-state index in [0.29, 0.717) is 24.3 Å². The van der Waals surface area contributed by atoms with Crippen molar-refractivity contribution in [2.45, 2.75) is 19.8 Å². The van der Waals surface area contributed by atoms with Gasteiger partial charge in [0.05, 0.1) is 10.6 Å². The summed E-state index contributed by atoms with van der Waals surface area (Å²) in [7, 11) is 0. The van der Waals surface area contributed by atoms with Crippen molar-refractivity contribution >= 4 is 29.6 Å². The van der Waals surface area contributed by atoms with Gasteiger partial charge >= 0.3 is 5.97 Å². The summed E-state index contributed by atoms with van der Waals surface area (Å²) in [6.45, 7) is 1.85. The summed E-state index contributed by atoms with van der Waals surface area (Å²) < 4.78 is 5.74. The van der Waals surface area contributed by atoms with Crippen molar-refractivity contribution in [1.82, 2.24) is 4.98 Å². The van der Waals surface area contributed by atoms with E-state index in [9.17, 15) is 9.59 Å².